The van der Waals surface area contributed by atoms with Crippen LogP contribution in [0.1, 0.15) is 16.2 Å². The first-order chi connectivity index (χ1) is 6.09. The van der Waals surface area contributed by atoms with Crippen molar-refractivity contribution < 1.29 is 9.90 Å². The zero-order chi connectivity index (χ0) is 9.84. The quantitative estimate of drug-likeness (QED) is 0.723. The molecule has 0 unspecified atom stereocenters. The maximum atomic E-state index is 10.4. The summed E-state index contributed by atoms with van der Waals surface area (Å²) in [7, 11) is 3.82. The molecule has 0 saturated heterocycles. The number of rotatable bonds is 3. The third-order valence-corrected chi connectivity index (χ3v) is 1.40. The van der Waals surface area contributed by atoms with Gasteiger partial charge in [-0.05, 0) is 14.1 Å². The fraction of sp³-hybridized carbons (Fsp3) is 0.375. The van der Waals surface area contributed by atoms with E-state index in [4.69, 9.17) is 5.11 Å². The van der Waals surface area contributed by atoms with Gasteiger partial charge in [-0.1, -0.05) is 0 Å². The van der Waals surface area contributed by atoms with E-state index in [0.29, 0.717) is 6.54 Å². The van der Waals surface area contributed by atoms with Crippen LogP contribution in [0.3, 0.4) is 0 Å². The molecule has 1 N–H and O–H groups in total. The van der Waals surface area contributed by atoms with Crippen molar-refractivity contribution in [1.29, 1.82) is 0 Å². The second-order valence-electron chi connectivity index (χ2n) is 2.94. The normalized spacial score (nSPS) is 10.4. The lowest BCUT2D eigenvalue weighted by molar-refractivity contribution is 0.0690. The van der Waals surface area contributed by atoms with E-state index in [2.05, 4.69) is 9.97 Å². The van der Waals surface area contributed by atoms with Gasteiger partial charge in [0.25, 0.3) is 0 Å². The van der Waals surface area contributed by atoms with Crippen LogP contribution in [-0.4, -0.2) is 40.0 Å². The van der Waals surface area contributed by atoms with E-state index in [-0.39, 0.29) is 5.69 Å². The maximum absolute atomic E-state index is 10.4. The van der Waals surface area contributed by atoms with Crippen molar-refractivity contribution >= 4 is 5.97 Å². The maximum Gasteiger partial charge on any atom is 0.356 e. The van der Waals surface area contributed by atoms with Crippen LogP contribution in [0.5, 0.6) is 0 Å². The van der Waals surface area contributed by atoms with Crippen LogP contribution in [0.15, 0.2) is 12.4 Å². The first-order valence-electron chi connectivity index (χ1n) is 3.78. The molecule has 1 rings (SSSR count). The zero-order valence-electron chi connectivity index (χ0n) is 7.56. The molecular weight excluding hydrogens is 170 g/mol. The van der Waals surface area contributed by atoms with Gasteiger partial charge in [0, 0.05) is 6.54 Å². The minimum Gasteiger partial charge on any atom is -0.476 e. The molecule has 0 fully saturated rings. The van der Waals surface area contributed by atoms with Crippen molar-refractivity contribution in [2.45, 2.75) is 6.54 Å². The van der Waals surface area contributed by atoms with Crippen LogP contribution in [0.25, 0.3) is 0 Å². The van der Waals surface area contributed by atoms with Crippen LogP contribution >= 0.6 is 0 Å². The van der Waals surface area contributed by atoms with Gasteiger partial charge in [-0.25, -0.2) is 9.78 Å². The summed E-state index contributed by atoms with van der Waals surface area (Å²) < 4.78 is 0. The van der Waals surface area contributed by atoms with Crippen LogP contribution in [0.4, 0.5) is 0 Å². The first kappa shape index (κ1) is 9.60. The molecule has 0 spiro atoms. The van der Waals surface area contributed by atoms with Crippen LogP contribution in [-0.2, 0) is 6.54 Å². The SMILES string of the molecule is CN(C)Cc1cnc(C(=O)O)cn1. The van der Waals surface area contributed by atoms with Crippen molar-refractivity contribution in [2.75, 3.05) is 14.1 Å². The van der Waals surface area contributed by atoms with Gasteiger partial charge in [0.15, 0.2) is 5.69 Å². The summed E-state index contributed by atoms with van der Waals surface area (Å²) in [6.07, 6.45) is 2.74. The first-order valence-corrected chi connectivity index (χ1v) is 3.78. The molecule has 0 aliphatic carbocycles. The number of aromatic nitrogens is 2. The fourth-order valence-electron chi connectivity index (χ4n) is 0.871. The summed E-state index contributed by atoms with van der Waals surface area (Å²) in [6.45, 7) is 0.660. The summed E-state index contributed by atoms with van der Waals surface area (Å²) in [5.74, 6) is -1.05. The lowest BCUT2D eigenvalue weighted by atomic mass is 10.4. The van der Waals surface area contributed by atoms with Gasteiger partial charge >= 0.3 is 5.97 Å². The van der Waals surface area contributed by atoms with Crippen LogP contribution in [0.2, 0.25) is 0 Å². The molecule has 5 nitrogen and oxygen atoms in total. The van der Waals surface area contributed by atoms with Crippen molar-refractivity contribution in [3.05, 3.63) is 23.8 Å². The molecule has 70 valence electrons. The van der Waals surface area contributed by atoms with E-state index in [1.165, 1.54) is 12.4 Å². The molecule has 0 radical (unpaired) electrons. The highest BCUT2D eigenvalue weighted by Gasteiger charge is 2.04. The highest BCUT2D eigenvalue weighted by molar-refractivity contribution is 5.84. The zero-order valence-corrected chi connectivity index (χ0v) is 7.56. The molecule has 1 heterocycles. The molecule has 5 heteroatoms. The molecule has 0 atom stereocenters. The van der Waals surface area contributed by atoms with Gasteiger partial charge in [-0.15, -0.1) is 0 Å². The molecule has 0 aliphatic heterocycles. The number of carboxylic acid groups (broad SMARTS) is 1. The number of carboxylic acids is 1. The molecule has 0 amide bonds. The van der Waals surface area contributed by atoms with E-state index in [0.717, 1.165) is 5.69 Å². The van der Waals surface area contributed by atoms with E-state index >= 15 is 0 Å². The number of carbonyl (C=O) groups is 1. The molecular formula is C8H11N3O2. The Balaban J connectivity index is 2.75. The molecule has 0 aromatic carbocycles. The molecule has 13 heavy (non-hydrogen) atoms. The smallest absolute Gasteiger partial charge is 0.356 e. The van der Waals surface area contributed by atoms with Gasteiger partial charge < -0.3 is 10.0 Å². The highest BCUT2D eigenvalue weighted by Crippen LogP contribution is 1.97. The minimum absolute atomic E-state index is 0.0255. The summed E-state index contributed by atoms with van der Waals surface area (Å²) in [5.41, 5.74) is 0.734. The van der Waals surface area contributed by atoms with Gasteiger partial charge in [-0.3, -0.25) is 4.98 Å². The number of aromatic carboxylic acids is 1. The van der Waals surface area contributed by atoms with E-state index in [1.807, 2.05) is 19.0 Å². The van der Waals surface area contributed by atoms with Crippen molar-refractivity contribution in [2.24, 2.45) is 0 Å². The third kappa shape index (κ3) is 2.79. The van der Waals surface area contributed by atoms with Gasteiger partial charge in [0.05, 0.1) is 18.1 Å². The van der Waals surface area contributed by atoms with Crippen molar-refractivity contribution in [3.63, 3.8) is 0 Å². The van der Waals surface area contributed by atoms with E-state index in [9.17, 15) is 4.79 Å². The van der Waals surface area contributed by atoms with Gasteiger partial charge in [0.2, 0.25) is 0 Å². The third-order valence-electron chi connectivity index (χ3n) is 1.40. The summed E-state index contributed by atoms with van der Waals surface area (Å²) >= 11 is 0. The number of hydrogen-bond acceptors (Lipinski definition) is 4. The van der Waals surface area contributed by atoms with Crippen LogP contribution in [0, 0.1) is 0 Å². The van der Waals surface area contributed by atoms with Crippen LogP contribution < -0.4 is 0 Å². The molecule has 1 aromatic heterocycles. The molecule has 0 bridgehead atoms. The van der Waals surface area contributed by atoms with Crippen molar-refractivity contribution in [3.8, 4) is 0 Å². The molecule has 1 aromatic rings. The average molecular weight is 181 g/mol. The standard InChI is InChI=1S/C8H11N3O2/c1-11(2)5-6-3-10-7(4-9-6)8(12)13/h3-4H,5H2,1-2H3,(H,12,13). The Hall–Kier alpha value is -1.49. The number of hydrogen-bond donors (Lipinski definition) is 1. The Labute approximate surface area is 76.0 Å². The lowest BCUT2D eigenvalue weighted by Crippen LogP contribution is -2.13. The fourth-order valence-corrected chi connectivity index (χ4v) is 0.871. The lowest BCUT2D eigenvalue weighted by Gasteiger charge is -2.07. The second-order valence-corrected chi connectivity index (χ2v) is 2.94. The minimum atomic E-state index is -1.05. The molecule has 0 saturated carbocycles. The Bertz CT molecular complexity index is 295. The van der Waals surface area contributed by atoms with Crippen molar-refractivity contribution in [1.82, 2.24) is 14.9 Å². The Morgan fingerprint density at radius 3 is 2.54 bits per heavy atom. The average Bonchev–Trinajstić information content (AvgIpc) is 2.04. The predicted molar refractivity (Wildman–Crippen MR) is 46.4 cm³/mol. The number of nitrogens with zero attached hydrogens (tertiary/aromatic N) is 3. The van der Waals surface area contributed by atoms with Gasteiger partial charge in [0.1, 0.15) is 0 Å². The summed E-state index contributed by atoms with van der Waals surface area (Å²) in [5, 5.41) is 8.54. The highest BCUT2D eigenvalue weighted by atomic mass is 16.4. The Kier molecular flexibility index (Phi) is 2.92. The van der Waals surface area contributed by atoms with E-state index < -0.39 is 5.97 Å². The summed E-state index contributed by atoms with van der Waals surface area (Å²) in [6, 6.07) is 0. The Morgan fingerprint density at radius 2 is 2.15 bits per heavy atom. The summed E-state index contributed by atoms with van der Waals surface area (Å²) in [4.78, 5) is 20.1. The molecule has 0 aliphatic rings. The second kappa shape index (κ2) is 3.95. The monoisotopic (exact) mass is 181 g/mol. The largest absolute Gasteiger partial charge is 0.476 e. The Morgan fingerprint density at radius 1 is 1.46 bits per heavy atom. The van der Waals surface area contributed by atoms with Gasteiger partial charge in [-0.2, -0.15) is 0 Å². The topological polar surface area (TPSA) is 66.3 Å². The predicted octanol–water partition coefficient (Wildman–Crippen LogP) is 0.236. The van der Waals surface area contributed by atoms with E-state index in [1.54, 1.807) is 0 Å².